The van der Waals surface area contributed by atoms with E-state index < -0.39 is 5.97 Å². The zero-order valence-electron chi connectivity index (χ0n) is 31.2. The molecule has 6 aromatic carbocycles. The first-order valence-electron chi connectivity index (χ1n) is 18.2. The van der Waals surface area contributed by atoms with Gasteiger partial charge >= 0.3 is 5.97 Å². The van der Waals surface area contributed by atoms with Crippen molar-refractivity contribution in [2.75, 3.05) is 29.6 Å². The maximum absolute atomic E-state index is 11.5. The summed E-state index contributed by atoms with van der Waals surface area (Å²) in [5, 5.41) is 0. The zero-order chi connectivity index (χ0) is 37.9. The first-order valence-corrected chi connectivity index (χ1v) is 18.2. The van der Waals surface area contributed by atoms with Gasteiger partial charge in [-0.05, 0) is 133 Å². The van der Waals surface area contributed by atoms with Gasteiger partial charge in [0.25, 0.3) is 0 Å². The van der Waals surface area contributed by atoms with Gasteiger partial charge in [-0.15, -0.1) is 0 Å². The van der Waals surface area contributed by atoms with Crippen molar-refractivity contribution in [2.45, 2.75) is 27.2 Å². The Morgan fingerprint density at radius 3 is 1.52 bits per heavy atom. The van der Waals surface area contributed by atoms with Crippen LogP contribution in [0.3, 0.4) is 0 Å². The van der Waals surface area contributed by atoms with Crippen LogP contribution in [-0.4, -0.2) is 25.8 Å². The molecule has 0 bridgehead atoms. The van der Waals surface area contributed by atoms with Crippen molar-refractivity contribution in [3.63, 3.8) is 0 Å². The van der Waals surface area contributed by atoms with E-state index in [1.165, 1.54) is 17.2 Å². The third kappa shape index (κ3) is 9.41. The molecular formula is C48H46N2O4. The second kappa shape index (κ2) is 18.0. The fourth-order valence-electron chi connectivity index (χ4n) is 6.30. The molecule has 0 saturated heterocycles. The highest BCUT2D eigenvalue weighted by atomic mass is 17.2. The van der Waals surface area contributed by atoms with Gasteiger partial charge in [0.05, 0.1) is 13.2 Å². The first-order chi connectivity index (χ1) is 26.3. The second-order valence-electron chi connectivity index (χ2n) is 13.0. The molecule has 0 heterocycles. The van der Waals surface area contributed by atoms with Gasteiger partial charge in [-0.2, -0.15) is 0 Å². The molecule has 0 N–H and O–H groups in total. The summed E-state index contributed by atoms with van der Waals surface area (Å²) in [6.07, 6.45) is 1.82. The number of benzene rings is 6. The predicted octanol–water partition coefficient (Wildman–Crippen LogP) is 12.2. The number of aryl methyl sites for hydroxylation is 2. The normalized spacial score (nSPS) is 10.8. The summed E-state index contributed by atoms with van der Waals surface area (Å²) in [6, 6.07) is 51.2. The van der Waals surface area contributed by atoms with Crippen LogP contribution in [0, 0.1) is 13.8 Å². The predicted molar refractivity (Wildman–Crippen MR) is 222 cm³/mol. The van der Waals surface area contributed by atoms with E-state index in [0.717, 1.165) is 62.0 Å². The van der Waals surface area contributed by atoms with Gasteiger partial charge in [0.2, 0.25) is 0 Å². The number of hydrogen-bond donors (Lipinski definition) is 0. The largest absolute Gasteiger partial charge is 0.462 e. The molecule has 272 valence electrons. The smallest absolute Gasteiger partial charge is 0.330 e. The highest BCUT2D eigenvalue weighted by Crippen LogP contribution is 2.38. The number of anilines is 6. The molecule has 0 fully saturated rings. The van der Waals surface area contributed by atoms with Gasteiger partial charge in [-0.3, -0.25) is 0 Å². The lowest BCUT2D eigenvalue weighted by Crippen LogP contribution is -2.10. The molecular weight excluding hydrogens is 669 g/mol. The molecule has 6 heteroatoms. The highest BCUT2D eigenvalue weighted by Gasteiger charge is 2.16. The molecule has 6 rings (SSSR count). The molecule has 0 spiro atoms. The first kappa shape index (κ1) is 37.5. The summed E-state index contributed by atoms with van der Waals surface area (Å²) < 4.78 is 5.18. The van der Waals surface area contributed by atoms with E-state index >= 15 is 0 Å². The summed E-state index contributed by atoms with van der Waals surface area (Å²) in [6.45, 7) is 14.9. The van der Waals surface area contributed by atoms with Gasteiger partial charge in [0.1, 0.15) is 6.61 Å². The Bertz CT molecular complexity index is 2170. The Kier molecular flexibility index (Phi) is 12.5. The number of ether oxygens (including phenoxy) is 1. The van der Waals surface area contributed by atoms with E-state index in [0.29, 0.717) is 26.2 Å². The van der Waals surface area contributed by atoms with E-state index in [9.17, 15) is 4.79 Å². The molecule has 6 aromatic rings. The molecule has 0 amide bonds. The van der Waals surface area contributed by atoms with Crippen molar-refractivity contribution in [3.8, 4) is 11.1 Å². The SMILES string of the molecule is C=CC(=O)OCCc1ccc(N(c2ccc(-c3ccc(N(c4ccc(C(=C)COOCC)cc4)c4cccc(C)c4)cc3)cc2)c2cccc(C)c2)cc1. The number of esters is 1. The topological polar surface area (TPSA) is 51.2 Å². The highest BCUT2D eigenvalue weighted by molar-refractivity contribution is 5.82. The molecule has 0 saturated carbocycles. The number of nitrogens with zero attached hydrogens (tertiary/aromatic N) is 2. The van der Waals surface area contributed by atoms with Crippen LogP contribution in [0.4, 0.5) is 34.1 Å². The van der Waals surface area contributed by atoms with Gasteiger partial charge in [-0.1, -0.05) is 86.0 Å². The summed E-state index contributed by atoms with van der Waals surface area (Å²) in [7, 11) is 0. The summed E-state index contributed by atoms with van der Waals surface area (Å²) in [5.41, 5.74) is 13.9. The van der Waals surface area contributed by atoms with E-state index in [1.54, 1.807) is 0 Å². The number of rotatable bonds is 16. The minimum absolute atomic E-state index is 0.312. The van der Waals surface area contributed by atoms with Crippen molar-refractivity contribution < 1.29 is 19.3 Å². The molecule has 0 unspecified atom stereocenters. The van der Waals surface area contributed by atoms with Gasteiger partial charge in [0.15, 0.2) is 0 Å². The third-order valence-corrected chi connectivity index (χ3v) is 9.07. The maximum Gasteiger partial charge on any atom is 0.330 e. The standard InChI is InChI=1S/C48H46N2O4/c1-6-48(51)52-31-30-38-14-22-42(23-15-38)49(46-12-8-10-35(3)32-46)44-26-18-40(19-27-44)41-20-28-45(29-21-41)50(47-13-9-11-36(4)33-47)43-24-16-39(17-25-43)37(5)34-54-53-7-2/h6,8-29,32-33H,1,5,7,30-31,34H2,2-4H3. The summed E-state index contributed by atoms with van der Waals surface area (Å²) >= 11 is 0. The lowest BCUT2D eigenvalue weighted by molar-refractivity contribution is -0.280. The lowest BCUT2D eigenvalue weighted by atomic mass is 10.0. The van der Waals surface area contributed by atoms with Crippen LogP contribution in [0.15, 0.2) is 165 Å². The fourth-order valence-corrected chi connectivity index (χ4v) is 6.30. The molecule has 0 aliphatic carbocycles. The average Bonchev–Trinajstić information content (AvgIpc) is 3.19. The quantitative estimate of drug-likeness (QED) is 0.0327. The van der Waals surface area contributed by atoms with Gasteiger partial charge in [0, 0.05) is 46.6 Å². The number of hydrogen-bond acceptors (Lipinski definition) is 6. The van der Waals surface area contributed by atoms with Crippen LogP contribution in [0.1, 0.15) is 29.2 Å². The van der Waals surface area contributed by atoms with Crippen molar-refractivity contribution in [1.82, 2.24) is 0 Å². The van der Waals surface area contributed by atoms with Gasteiger partial charge < -0.3 is 14.5 Å². The van der Waals surface area contributed by atoms with Crippen molar-refractivity contribution in [1.29, 1.82) is 0 Å². The fraction of sp³-hybridized carbons (Fsp3) is 0.146. The second-order valence-corrected chi connectivity index (χ2v) is 13.0. The van der Waals surface area contributed by atoms with E-state index in [-0.39, 0.29) is 0 Å². The lowest BCUT2D eigenvalue weighted by Gasteiger charge is -2.27. The van der Waals surface area contributed by atoms with E-state index in [1.807, 2.05) is 6.92 Å². The van der Waals surface area contributed by atoms with Crippen LogP contribution in [0.2, 0.25) is 0 Å². The Hall–Kier alpha value is -6.21. The molecule has 0 aliphatic rings. The Morgan fingerprint density at radius 1 is 0.611 bits per heavy atom. The number of carbonyl (C=O) groups excluding carboxylic acids is 1. The van der Waals surface area contributed by atoms with Crippen LogP contribution < -0.4 is 9.80 Å². The van der Waals surface area contributed by atoms with Crippen molar-refractivity contribution >= 4 is 45.7 Å². The Balaban J connectivity index is 1.25. The van der Waals surface area contributed by atoms with Crippen molar-refractivity contribution in [3.05, 3.63) is 187 Å². The average molecular weight is 715 g/mol. The molecule has 0 aromatic heterocycles. The third-order valence-electron chi connectivity index (χ3n) is 9.07. The molecule has 0 radical (unpaired) electrons. The molecule has 0 atom stereocenters. The van der Waals surface area contributed by atoms with Crippen LogP contribution in [-0.2, 0) is 25.7 Å². The van der Waals surface area contributed by atoms with E-state index in [4.69, 9.17) is 14.5 Å². The minimum Gasteiger partial charge on any atom is -0.462 e. The monoisotopic (exact) mass is 714 g/mol. The maximum atomic E-state index is 11.5. The van der Waals surface area contributed by atoms with E-state index in [2.05, 4.69) is 182 Å². The van der Waals surface area contributed by atoms with Crippen LogP contribution in [0.25, 0.3) is 16.7 Å². The summed E-state index contributed by atoms with van der Waals surface area (Å²) in [5.74, 6) is -0.407. The Morgan fingerprint density at radius 2 is 1.07 bits per heavy atom. The minimum atomic E-state index is -0.407. The van der Waals surface area contributed by atoms with Gasteiger partial charge in [-0.25, -0.2) is 14.6 Å². The molecule has 6 nitrogen and oxygen atoms in total. The van der Waals surface area contributed by atoms with Crippen LogP contribution in [0.5, 0.6) is 0 Å². The molecule has 54 heavy (non-hydrogen) atoms. The Labute approximate surface area is 319 Å². The summed E-state index contributed by atoms with van der Waals surface area (Å²) in [4.78, 5) is 26.3. The molecule has 0 aliphatic heterocycles. The number of carbonyl (C=O) groups is 1. The van der Waals surface area contributed by atoms with Crippen molar-refractivity contribution in [2.24, 2.45) is 0 Å². The van der Waals surface area contributed by atoms with Crippen LogP contribution >= 0.6 is 0 Å². The zero-order valence-corrected chi connectivity index (χ0v) is 31.2.